The number of benzene rings is 1. The van der Waals surface area contributed by atoms with E-state index in [0.717, 1.165) is 37.9 Å². The molecule has 0 N–H and O–H groups in total. The zero-order chi connectivity index (χ0) is 12.7. The molecule has 0 unspecified atom stereocenters. The second-order valence-corrected chi connectivity index (χ2v) is 4.35. The molecule has 17 heavy (non-hydrogen) atoms. The van der Waals surface area contributed by atoms with E-state index in [-0.39, 0.29) is 5.91 Å². The summed E-state index contributed by atoms with van der Waals surface area (Å²) in [6.45, 7) is 8.03. The van der Waals surface area contributed by atoms with Gasteiger partial charge in [-0.1, -0.05) is 32.9 Å². The SMILES string of the molecule is CCCN(CCC)C(=O)c1cccc(CC)c1. The number of nitrogens with zero attached hydrogens (tertiary/aromatic N) is 1. The maximum Gasteiger partial charge on any atom is 0.253 e. The summed E-state index contributed by atoms with van der Waals surface area (Å²) >= 11 is 0. The molecule has 0 aromatic heterocycles. The Balaban J connectivity index is 2.84. The summed E-state index contributed by atoms with van der Waals surface area (Å²) in [5.74, 6) is 0.170. The van der Waals surface area contributed by atoms with Crippen LogP contribution < -0.4 is 0 Å². The van der Waals surface area contributed by atoms with E-state index in [1.807, 2.05) is 23.1 Å². The van der Waals surface area contributed by atoms with Crippen molar-refractivity contribution >= 4 is 5.91 Å². The van der Waals surface area contributed by atoms with Crippen LogP contribution in [-0.2, 0) is 6.42 Å². The van der Waals surface area contributed by atoms with Gasteiger partial charge >= 0.3 is 0 Å². The molecule has 1 rings (SSSR count). The summed E-state index contributed by atoms with van der Waals surface area (Å²) in [7, 11) is 0. The van der Waals surface area contributed by atoms with E-state index < -0.39 is 0 Å². The smallest absolute Gasteiger partial charge is 0.253 e. The Bertz CT molecular complexity index is 354. The van der Waals surface area contributed by atoms with E-state index in [9.17, 15) is 4.79 Å². The Morgan fingerprint density at radius 3 is 2.29 bits per heavy atom. The largest absolute Gasteiger partial charge is 0.339 e. The number of hydrogen-bond acceptors (Lipinski definition) is 1. The molecule has 0 spiro atoms. The van der Waals surface area contributed by atoms with Crippen molar-refractivity contribution in [1.82, 2.24) is 4.90 Å². The lowest BCUT2D eigenvalue weighted by molar-refractivity contribution is 0.0755. The Morgan fingerprint density at radius 2 is 1.76 bits per heavy atom. The third-order valence-electron chi connectivity index (χ3n) is 2.86. The lowest BCUT2D eigenvalue weighted by Crippen LogP contribution is -2.32. The molecular formula is C15H23NO. The average Bonchev–Trinajstić information content (AvgIpc) is 2.38. The van der Waals surface area contributed by atoms with Gasteiger partial charge in [-0.15, -0.1) is 0 Å². The summed E-state index contributed by atoms with van der Waals surface area (Å²) in [5.41, 5.74) is 2.05. The molecule has 1 amide bonds. The number of amides is 1. The Kier molecular flexibility index (Phi) is 5.75. The van der Waals surface area contributed by atoms with Crippen molar-refractivity contribution in [2.24, 2.45) is 0 Å². The Hall–Kier alpha value is -1.31. The van der Waals surface area contributed by atoms with Crippen molar-refractivity contribution < 1.29 is 4.79 Å². The van der Waals surface area contributed by atoms with E-state index in [1.165, 1.54) is 5.56 Å². The van der Waals surface area contributed by atoms with Crippen LogP contribution in [0.15, 0.2) is 24.3 Å². The molecule has 0 radical (unpaired) electrons. The van der Waals surface area contributed by atoms with Crippen LogP contribution in [0.4, 0.5) is 0 Å². The van der Waals surface area contributed by atoms with Gasteiger partial charge in [-0.3, -0.25) is 4.79 Å². The molecule has 2 heteroatoms. The third kappa shape index (κ3) is 3.88. The molecule has 0 saturated heterocycles. The number of hydrogen-bond donors (Lipinski definition) is 0. The van der Waals surface area contributed by atoms with Crippen LogP contribution in [0, 0.1) is 0 Å². The minimum atomic E-state index is 0.170. The normalized spacial score (nSPS) is 10.3. The Labute approximate surface area is 105 Å². The average molecular weight is 233 g/mol. The molecule has 0 saturated carbocycles. The molecule has 0 aliphatic rings. The van der Waals surface area contributed by atoms with Crippen molar-refractivity contribution in [1.29, 1.82) is 0 Å². The van der Waals surface area contributed by atoms with Gasteiger partial charge in [0.25, 0.3) is 5.91 Å². The van der Waals surface area contributed by atoms with Gasteiger partial charge in [0.15, 0.2) is 0 Å². The van der Waals surface area contributed by atoms with Gasteiger partial charge in [0.1, 0.15) is 0 Å². The number of aryl methyl sites for hydroxylation is 1. The minimum Gasteiger partial charge on any atom is -0.339 e. The van der Waals surface area contributed by atoms with E-state index in [4.69, 9.17) is 0 Å². The Morgan fingerprint density at radius 1 is 1.12 bits per heavy atom. The second-order valence-electron chi connectivity index (χ2n) is 4.35. The third-order valence-corrected chi connectivity index (χ3v) is 2.86. The predicted octanol–water partition coefficient (Wildman–Crippen LogP) is 3.51. The minimum absolute atomic E-state index is 0.170. The zero-order valence-corrected chi connectivity index (χ0v) is 11.2. The monoisotopic (exact) mass is 233 g/mol. The van der Waals surface area contributed by atoms with Gasteiger partial charge in [-0.25, -0.2) is 0 Å². The zero-order valence-electron chi connectivity index (χ0n) is 11.2. The summed E-state index contributed by atoms with van der Waals surface area (Å²) in [6.07, 6.45) is 3.00. The quantitative estimate of drug-likeness (QED) is 0.736. The standard InChI is InChI=1S/C15H23NO/c1-4-10-16(11-5-2)15(17)14-9-7-8-13(6-3)12-14/h7-9,12H,4-6,10-11H2,1-3H3. The van der Waals surface area contributed by atoms with E-state index in [1.54, 1.807) is 0 Å². The lowest BCUT2D eigenvalue weighted by atomic mass is 10.1. The summed E-state index contributed by atoms with van der Waals surface area (Å²) < 4.78 is 0. The van der Waals surface area contributed by atoms with Crippen LogP contribution in [-0.4, -0.2) is 23.9 Å². The highest BCUT2D eigenvalue weighted by Gasteiger charge is 2.13. The fourth-order valence-electron chi connectivity index (χ4n) is 1.96. The molecule has 0 aliphatic heterocycles. The lowest BCUT2D eigenvalue weighted by Gasteiger charge is -2.21. The summed E-state index contributed by atoms with van der Waals surface area (Å²) in [4.78, 5) is 14.3. The van der Waals surface area contributed by atoms with Crippen molar-refractivity contribution in [3.63, 3.8) is 0 Å². The van der Waals surface area contributed by atoms with Crippen molar-refractivity contribution in [3.05, 3.63) is 35.4 Å². The number of carbonyl (C=O) groups excluding carboxylic acids is 1. The van der Waals surface area contributed by atoms with Crippen LogP contribution in [0.2, 0.25) is 0 Å². The van der Waals surface area contributed by atoms with Crippen molar-refractivity contribution in [3.8, 4) is 0 Å². The molecule has 0 aliphatic carbocycles. The van der Waals surface area contributed by atoms with Crippen LogP contribution >= 0.6 is 0 Å². The molecule has 94 valence electrons. The maximum absolute atomic E-state index is 12.3. The first-order valence-electron chi connectivity index (χ1n) is 6.61. The molecule has 0 fully saturated rings. The molecule has 0 atom stereocenters. The van der Waals surface area contributed by atoms with Gasteiger partial charge in [0, 0.05) is 18.7 Å². The molecular weight excluding hydrogens is 210 g/mol. The fraction of sp³-hybridized carbons (Fsp3) is 0.533. The first-order valence-corrected chi connectivity index (χ1v) is 6.61. The van der Waals surface area contributed by atoms with Crippen molar-refractivity contribution in [2.45, 2.75) is 40.0 Å². The maximum atomic E-state index is 12.3. The van der Waals surface area contributed by atoms with Crippen LogP contribution in [0.1, 0.15) is 49.5 Å². The van der Waals surface area contributed by atoms with E-state index in [0.29, 0.717) is 0 Å². The first kappa shape index (κ1) is 13.8. The summed E-state index contributed by atoms with van der Waals surface area (Å²) in [6, 6.07) is 7.98. The predicted molar refractivity (Wildman–Crippen MR) is 72.3 cm³/mol. The van der Waals surface area contributed by atoms with Gasteiger partial charge < -0.3 is 4.90 Å². The van der Waals surface area contributed by atoms with Gasteiger partial charge in [0.2, 0.25) is 0 Å². The molecule has 2 nitrogen and oxygen atoms in total. The van der Waals surface area contributed by atoms with E-state index in [2.05, 4.69) is 26.8 Å². The number of carbonyl (C=O) groups is 1. The van der Waals surface area contributed by atoms with Crippen molar-refractivity contribution in [2.75, 3.05) is 13.1 Å². The van der Waals surface area contributed by atoms with Crippen LogP contribution in [0.25, 0.3) is 0 Å². The summed E-state index contributed by atoms with van der Waals surface area (Å²) in [5, 5.41) is 0. The van der Waals surface area contributed by atoms with E-state index >= 15 is 0 Å². The molecule has 1 aromatic rings. The second kappa shape index (κ2) is 7.10. The molecule has 0 heterocycles. The van der Waals surface area contributed by atoms with Gasteiger partial charge in [-0.05, 0) is 37.0 Å². The number of rotatable bonds is 6. The molecule has 1 aromatic carbocycles. The van der Waals surface area contributed by atoms with Gasteiger partial charge in [0.05, 0.1) is 0 Å². The fourth-order valence-corrected chi connectivity index (χ4v) is 1.96. The highest BCUT2D eigenvalue weighted by molar-refractivity contribution is 5.94. The van der Waals surface area contributed by atoms with Crippen LogP contribution in [0.3, 0.4) is 0 Å². The van der Waals surface area contributed by atoms with Gasteiger partial charge in [-0.2, -0.15) is 0 Å². The molecule has 0 bridgehead atoms. The van der Waals surface area contributed by atoms with Crippen LogP contribution in [0.5, 0.6) is 0 Å². The highest BCUT2D eigenvalue weighted by Crippen LogP contribution is 2.10. The topological polar surface area (TPSA) is 20.3 Å². The highest BCUT2D eigenvalue weighted by atomic mass is 16.2. The first-order chi connectivity index (χ1) is 8.22.